The van der Waals surface area contributed by atoms with Crippen LogP contribution in [0.25, 0.3) is 0 Å². The molecule has 0 saturated heterocycles. The van der Waals surface area contributed by atoms with Crippen LogP contribution in [-0.2, 0) is 52.6 Å². The lowest BCUT2D eigenvalue weighted by Crippen LogP contribution is -2.45. The van der Waals surface area contributed by atoms with Crippen molar-refractivity contribution in [2.24, 2.45) is 65.1 Å². The molecule has 0 aliphatic heterocycles. The quantitative estimate of drug-likeness (QED) is 0.128. The molecule has 11 unspecified atom stereocenters. The van der Waals surface area contributed by atoms with E-state index >= 15 is 0 Å². The second-order valence-corrected chi connectivity index (χ2v) is 12.3. The van der Waals surface area contributed by atoms with E-state index in [0.29, 0.717) is 18.9 Å². The van der Waals surface area contributed by atoms with Crippen molar-refractivity contribution in [1.82, 2.24) is 0 Å². The van der Waals surface area contributed by atoms with Gasteiger partial charge in [-0.1, -0.05) is 27.7 Å². The van der Waals surface area contributed by atoms with Crippen molar-refractivity contribution >= 4 is 53.9 Å². The van der Waals surface area contributed by atoms with Crippen LogP contribution in [0.3, 0.4) is 0 Å². The van der Waals surface area contributed by atoms with Crippen LogP contribution in [-0.4, -0.2) is 68.1 Å². The molecule has 0 N–H and O–H groups in total. The Hall–Kier alpha value is -3.37. The fourth-order valence-corrected chi connectivity index (χ4v) is 6.31. The summed E-state index contributed by atoms with van der Waals surface area (Å²) in [5, 5.41) is 0. The standard InChI is InChI=1S/C33H50O11/c1-17(21(5)37)11-26(19(3)14-34)30(23(7)39)25(15-35)13-28(33(42)44-10)31(24(8)40)29(16-36)27(12-18(2)22(6)38)20(4)32(41)43-9/h14-20,25-31H,11-13H2,1-10H3. The Morgan fingerprint density at radius 3 is 1.36 bits per heavy atom. The largest absolute Gasteiger partial charge is 0.469 e. The molecule has 0 aliphatic carbocycles. The average molecular weight is 623 g/mol. The molecule has 0 radical (unpaired) electrons. The third-order valence-corrected chi connectivity index (χ3v) is 9.31. The van der Waals surface area contributed by atoms with E-state index in [1.807, 2.05) is 0 Å². The highest BCUT2D eigenvalue weighted by atomic mass is 16.5. The zero-order valence-electron chi connectivity index (χ0n) is 27.7. The summed E-state index contributed by atoms with van der Waals surface area (Å²) in [6, 6.07) is 0. The van der Waals surface area contributed by atoms with E-state index in [1.54, 1.807) is 20.8 Å². The number of esters is 2. The van der Waals surface area contributed by atoms with Gasteiger partial charge in [-0.25, -0.2) is 0 Å². The number of methoxy groups -OCH3 is 2. The van der Waals surface area contributed by atoms with Gasteiger partial charge in [0, 0.05) is 41.4 Å². The highest BCUT2D eigenvalue weighted by molar-refractivity contribution is 5.89. The minimum Gasteiger partial charge on any atom is -0.469 e. The zero-order chi connectivity index (χ0) is 34.5. The van der Waals surface area contributed by atoms with Crippen molar-refractivity contribution in [3.8, 4) is 0 Å². The lowest BCUT2D eigenvalue weighted by atomic mass is 9.63. The number of carbonyl (C=O) groups is 9. The molecule has 11 heteroatoms. The number of ether oxygens (including phenoxy) is 2. The highest BCUT2D eigenvalue weighted by Gasteiger charge is 2.47. The molecule has 248 valence electrons. The number of carbonyl (C=O) groups excluding carboxylic acids is 9. The van der Waals surface area contributed by atoms with Crippen LogP contribution >= 0.6 is 0 Å². The molecule has 0 fully saturated rings. The SMILES string of the molecule is COC(=O)C(C)C(CC(C)C(C)=O)C(C=O)C(C(C)=O)C(CC(C=O)C(C(C)=O)C(CC(C)C(C)=O)C(C)C=O)C(=O)OC. The second-order valence-electron chi connectivity index (χ2n) is 12.3. The molecule has 0 aromatic heterocycles. The van der Waals surface area contributed by atoms with Crippen LogP contribution in [0.15, 0.2) is 0 Å². The summed E-state index contributed by atoms with van der Waals surface area (Å²) in [5.74, 6) is -13.8. The number of aldehydes is 3. The first-order valence-electron chi connectivity index (χ1n) is 15.0. The van der Waals surface area contributed by atoms with E-state index in [4.69, 9.17) is 9.47 Å². The summed E-state index contributed by atoms with van der Waals surface area (Å²) in [5.41, 5.74) is 0. The molecule has 0 amide bonds. The molecule has 11 nitrogen and oxygen atoms in total. The fraction of sp³-hybridized carbons (Fsp3) is 0.727. The van der Waals surface area contributed by atoms with Crippen LogP contribution < -0.4 is 0 Å². The van der Waals surface area contributed by atoms with Gasteiger partial charge < -0.3 is 23.9 Å². The van der Waals surface area contributed by atoms with E-state index < -0.39 is 88.6 Å². The summed E-state index contributed by atoms with van der Waals surface area (Å²) in [6.07, 6.45) is 1.38. The van der Waals surface area contributed by atoms with Gasteiger partial charge in [0.05, 0.1) is 26.1 Å². The van der Waals surface area contributed by atoms with Crippen LogP contribution in [0.4, 0.5) is 0 Å². The maximum atomic E-state index is 13.3. The van der Waals surface area contributed by atoms with Crippen molar-refractivity contribution in [3.05, 3.63) is 0 Å². The third kappa shape index (κ3) is 11.0. The Balaban J connectivity index is 7.17. The molecular formula is C33H50O11. The molecule has 0 aromatic carbocycles. The van der Waals surface area contributed by atoms with E-state index in [-0.39, 0.29) is 30.8 Å². The maximum Gasteiger partial charge on any atom is 0.309 e. The van der Waals surface area contributed by atoms with Gasteiger partial charge in [0.1, 0.15) is 42.0 Å². The normalized spacial score (nSPS) is 18.8. The lowest BCUT2D eigenvalue weighted by molar-refractivity contribution is -0.156. The van der Waals surface area contributed by atoms with Crippen molar-refractivity contribution in [3.63, 3.8) is 0 Å². The number of rotatable bonds is 22. The molecule has 44 heavy (non-hydrogen) atoms. The van der Waals surface area contributed by atoms with Gasteiger partial charge in [0.2, 0.25) is 0 Å². The van der Waals surface area contributed by atoms with E-state index in [1.165, 1.54) is 41.7 Å². The molecular weight excluding hydrogens is 572 g/mol. The Bertz CT molecular complexity index is 1060. The molecule has 0 aromatic rings. The minimum absolute atomic E-state index is 0.0295. The maximum absolute atomic E-state index is 13.3. The van der Waals surface area contributed by atoms with Gasteiger partial charge in [-0.2, -0.15) is 0 Å². The highest BCUT2D eigenvalue weighted by Crippen LogP contribution is 2.41. The number of Topliss-reactive ketones (excluding diaryl/α,β-unsaturated/α-hetero) is 4. The first-order valence-corrected chi connectivity index (χ1v) is 15.0. The van der Waals surface area contributed by atoms with Crippen molar-refractivity contribution in [2.75, 3.05) is 14.2 Å². The van der Waals surface area contributed by atoms with E-state index in [0.717, 1.165) is 7.11 Å². The molecule has 0 saturated carbocycles. The topological polar surface area (TPSA) is 172 Å². The number of ketones is 4. The van der Waals surface area contributed by atoms with Crippen LogP contribution in [0.5, 0.6) is 0 Å². The van der Waals surface area contributed by atoms with Gasteiger partial charge in [-0.05, 0) is 58.8 Å². The third-order valence-electron chi connectivity index (χ3n) is 9.31. The molecule has 0 heterocycles. The fourth-order valence-electron chi connectivity index (χ4n) is 6.31. The van der Waals surface area contributed by atoms with Crippen molar-refractivity contribution < 1.29 is 52.6 Å². The first kappa shape index (κ1) is 40.6. The second kappa shape index (κ2) is 19.1. The van der Waals surface area contributed by atoms with Gasteiger partial charge in [0.25, 0.3) is 0 Å². The summed E-state index contributed by atoms with van der Waals surface area (Å²) in [7, 11) is 2.25. The first-order chi connectivity index (χ1) is 20.4. The lowest BCUT2D eigenvalue weighted by Gasteiger charge is -2.38. The van der Waals surface area contributed by atoms with E-state index in [9.17, 15) is 43.2 Å². The number of hydrogen-bond donors (Lipinski definition) is 0. The summed E-state index contributed by atoms with van der Waals surface area (Å²) < 4.78 is 9.92. The Morgan fingerprint density at radius 1 is 0.568 bits per heavy atom. The molecule has 11 atom stereocenters. The summed E-state index contributed by atoms with van der Waals surface area (Å²) in [6.45, 7) is 11.5. The zero-order valence-corrected chi connectivity index (χ0v) is 27.7. The Kier molecular flexibility index (Phi) is 17.6. The predicted molar refractivity (Wildman–Crippen MR) is 160 cm³/mol. The minimum atomic E-state index is -1.40. The van der Waals surface area contributed by atoms with Gasteiger partial charge in [-0.3, -0.25) is 28.8 Å². The van der Waals surface area contributed by atoms with Gasteiger partial charge in [-0.15, -0.1) is 0 Å². The van der Waals surface area contributed by atoms with Gasteiger partial charge >= 0.3 is 11.9 Å². The number of hydrogen-bond acceptors (Lipinski definition) is 11. The average Bonchev–Trinajstić information content (AvgIpc) is 2.97. The smallest absolute Gasteiger partial charge is 0.309 e. The van der Waals surface area contributed by atoms with E-state index in [2.05, 4.69) is 0 Å². The molecule has 0 bridgehead atoms. The summed E-state index contributed by atoms with van der Waals surface area (Å²) in [4.78, 5) is 114. The molecule has 0 aliphatic rings. The van der Waals surface area contributed by atoms with Gasteiger partial charge in [0.15, 0.2) is 0 Å². The monoisotopic (exact) mass is 622 g/mol. The van der Waals surface area contributed by atoms with Crippen molar-refractivity contribution in [1.29, 1.82) is 0 Å². The molecule has 0 spiro atoms. The Morgan fingerprint density at radius 2 is 1.02 bits per heavy atom. The summed E-state index contributed by atoms with van der Waals surface area (Å²) >= 11 is 0. The Labute approximate surface area is 260 Å². The van der Waals surface area contributed by atoms with Crippen LogP contribution in [0.1, 0.15) is 74.7 Å². The van der Waals surface area contributed by atoms with Crippen LogP contribution in [0.2, 0.25) is 0 Å². The predicted octanol–water partition coefficient (Wildman–Crippen LogP) is 3.31. The molecule has 0 rings (SSSR count). The van der Waals surface area contributed by atoms with Crippen LogP contribution in [0, 0.1) is 65.1 Å². The van der Waals surface area contributed by atoms with Crippen molar-refractivity contribution in [2.45, 2.75) is 74.7 Å².